The molecule has 0 aliphatic heterocycles. The quantitative estimate of drug-likeness (QED) is 0.835. The predicted molar refractivity (Wildman–Crippen MR) is 62.1 cm³/mol. The van der Waals surface area contributed by atoms with Gasteiger partial charge in [-0.15, -0.1) is 11.3 Å². The molecule has 0 unspecified atom stereocenters. The van der Waals surface area contributed by atoms with Gasteiger partial charge in [0.15, 0.2) is 5.82 Å². The molecule has 15 heavy (non-hydrogen) atoms. The minimum absolute atomic E-state index is 0.791. The summed E-state index contributed by atoms with van der Waals surface area (Å²) < 4.78 is 0. The highest BCUT2D eigenvalue weighted by Crippen LogP contribution is 2.16. The Morgan fingerprint density at radius 3 is 3.00 bits per heavy atom. The third kappa shape index (κ3) is 2.18. The SMILES string of the molecule is CCc1[nH]nc(NCc2cncs2)c1C. The molecule has 2 rings (SSSR count). The van der Waals surface area contributed by atoms with E-state index in [1.165, 1.54) is 16.1 Å². The van der Waals surface area contributed by atoms with Gasteiger partial charge in [0, 0.05) is 22.3 Å². The van der Waals surface area contributed by atoms with E-state index in [9.17, 15) is 0 Å². The van der Waals surface area contributed by atoms with Crippen molar-refractivity contribution < 1.29 is 0 Å². The fraction of sp³-hybridized carbons (Fsp3) is 0.400. The van der Waals surface area contributed by atoms with Crippen molar-refractivity contribution in [1.29, 1.82) is 0 Å². The summed E-state index contributed by atoms with van der Waals surface area (Å²) >= 11 is 1.65. The van der Waals surface area contributed by atoms with Crippen molar-refractivity contribution in [1.82, 2.24) is 15.2 Å². The average molecular weight is 222 g/mol. The molecule has 80 valence electrons. The zero-order chi connectivity index (χ0) is 10.7. The second-order valence-electron chi connectivity index (χ2n) is 3.35. The van der Waals surface area contributed by atoms with Gasteiger partial charge in [0.1, 0.15) is 0 Å². The third-order valence-corrected chi connectivity index (χ3v) is 3.16. The van der Waals surface area contributed by atoms with E-state index in [4.69, 9.17) is 0 Å². The van der Waals surface area contributed by atoms with Crippen molar-refractivity contribution in [3.05, 3.63) is 27.8 Å². The molecule has 0 amide bonds. The minimum atomic E-state index is 0.791. The van der Waals surface area contributed by atoms with Crippen LogP contribution in [0.4, 0.5) is 5.82 Å². The van der Waals surface area contributed by atoms with Gasteiger partial charge in [-0.25, -0.2) is 0 Å². The summed E-state index contributed by atoms with van der Waals surface area (Å²) in [5.41, 5.74) is 4.25. The van der Waals surface area contributed by atoms with E-state index < -0.39 is 0 Å². The highest BCUT2D eigenvalue weighted by Gasteiger charge is 2.06. The molecule has 5 heteroatoms. The van der Waals surface area contributed by atoms with E-state index in [1.54, 1.807) is 11.3 Å². The zero-order valence-electron chi connectivity index (χ0n) is 8.87. The van der Waals surface area contributed by atoms with Crippen LogP contribution in [0, 0.1) is 6.92 Å². The van der Waals surface area contributed by atoms with E-state index in [0.29, 0.717) is 0 Å². The number of thiazole rings is 1. The summed E-state index contributed by atoms with van der Waals surface area (Å²) in [7, 11) is 0. The van der Waals surface area contributed by atoms with Gasteiger partial charge in [-0.2, -0.15) is 5.10 Å². The molecule has 2 N–H and O–H groups in total. The monoisotopic (exact) mass is 222 g/mol. The van der Waals surface area contributed by atoms with Crippen LogP contribution in [0.1, 0.15) is 23.1 Å². The van der Waals surface area contributed by atoms with Gasteiger partial charge >= 0.3 is 0 Å². The van der Waals surface area contributed by atoms with Gasteiger partial charge in [-0.05, 0) is 13.3 Å². The molecule has 0 aliphatic rings. The number of H-pyrrole nitrogens is 1. The van der Waals surface area contributed by atoms with Crippen LogP contribution in [-0.4, -0.2) is 15.2 Å². The van der Waals surface area contributed by atoms with Crippen LogP contribution < -0.4 is 5.32 Å². The van der Waals surface area contributed by atoms with Gasteiger partial charge in [-0.1, -0.05) is 6.92 Å². The molecule has 0 spiro atoms. The molecular weight excluding hydrogens is 208 g/mol. The number of nitrogens with zero attached hydrogens (tertiary/aromatic N) is 2. The zero-order valence-corrected chi connectivity index (χ0v) is 9.69. The lowest BCUT2D eigenvalue weighted by molar-refractivity contribution is 0.966. The second kappa shape index (κ2) is 4.44. The summed E-state index contributed by atoms with van der Waals surface area (Å²) in [5, 5.41) is 10.6. The molecule has 0 aliphatic carbocycles. The van der Waals surface area contributed by atoms with Gasteiger partial charge < -0.3 is 5.32 Å². The molecule has 2 aromatic rings. The maximum atomic E-state index is 4.23. The molecule has 4 nitrogen and oxygen atoms in total. The number of anilines is 1. The van der Waals surface area contributed by atoms with Crippen molar-refractivity contribution in [2.45, 2.75) is 26.8 Å². The van der Waals surface area contributed by atoms with Crippen LogP contribution in [0.15, 0.2) is 11.7 Å². The van der Waals surface area contributed by atoms with E-state index >= 15 is 0 Å². The molecule has 2 aromatic heterocycles. The number of rotatable bonds is 4. The lowest BCUT2D eigenvalue weighted by atomic mass is 10.2. The average Bonchev–Trinajstić information content (AvgIpc) is 2.85. The van der Waals surface area contributed by atoms with Gasteiger partial charge in [-0.3, -0.25) is 10.1 Å². The largest absolute Gasteiger partial charge is 0.363 e. The lowest BCUT2D eigenvalue weighted by Crippen LogP contribution is -1.99. The third-order valence-electron chi connectivity index (χ3n) is 2.38. The number of hydrogen-bond acceptors (Lipinski definition) is 4. The lowest BCUT2D eigenvalue weighted by Gasteiger charge is -2.01. The fourth-order valence-electron chi connectivity index (χ4n) is 1.45. The van der Waals surface area contributed by atoms with E-state index in [0.717, 1.165) is 18.8 Å². The highest BCUT2D eigenvalue weighted by molar-refractivity contribution is 7.09. The van der Waals surface area contributed by atoms with Crippen LogP contribution in [0.25, 0.3) is 0 Å². The van der Waals surface area contributed by atoms with E-state index in [2.05, 4.69) is 34.3 Å². The Morgan fingerprint density at radius 1 is 1.53 bits per heavy atom. The van der Waals surface area contributed by atoms with Crippen LogP contribution in [0.2, 0.25) is 0 Å². The van der Waals surface area contributed by atoms with E-state index in [-0.39, 0.29) is 0 Å². The molecule has 0 bridgehead atoms. The highest BCUT2D eigenvalue weighted by atomic mass is 32.1. The van der Waals surface area contributed by atoms with Crippen LogP contribution in [0.3, 0.4) is 0 Å². The second-order valence-corrected chi connectivity index (χ2v) is 4.32. The fourth-order valence-corrected chi connectivity index (χ4v) is 1.98. The molecule has 0 fully saturated rings. The summed E-state index contributed by atoms with van der Waals surface area (Å²) in [4.78, 5) is 5.25. The normalized spacial score (nSPS) is 10.5. The van der Waals surface area contributed by atoms with Crippen LogP contribution in [-0.2, 0) is 13.0 Å². The van der Waals surface area contributed by atoms with Crippen LogP contribution in [0.5, 0.6) is 0 Å². The van der Waals surface area contributed by atoms with Crippen molar-refractivity contribution in [2.24, 2.45) is 0 Å². The number of aromatic nitrogens is 3. The van der Waals surface area contributed by atoms with Gasteiger partial charge in [0.2, 0.25) is 0 Å². The van der Waals surface area contributed by atoms with Crippen molar-refractivity contribution >= 4 is 17.2 Å². The molecule has 0 saturated carbocycles. The van der Waals surface area contributed by atoms with Crippen LogP contribution >= 0.6 is 11.3 Å². The number of aryl methyl sites for hydroxylation is 1. The summed E-state index contributed by atoms with van der Waals surface area (Å²) in [6, 6.07) is 0. The van der Waals surface area contributed by atoms with Crippen molar-refractivity contribution in [3.8, 4) is 0 Å². The Labute approximate surface area is 92.8 Å². The molecule has 0 saturated heterocycles. The number of aromatic amines is 1. The maximum absolute atomic E-state index is 4.23. The van der Waals surface area contributed by atoms with Gasteiger partial charge in [0.25, 0.3) is 0 Å². The maximum Gasteiger partial charge on any atom is 0.151 e. The van der Waals surface area contributed by atoms with Crippen molar-refractivity contribution in [3.63, 3.8) is 0 Å². The molecular formula is C10H14N4S. The Kier molecular flexibility index (Phi) is 3.01. The summed E-state index contributed by atoms with van der Waals surface area (Å²) in [6.07, 6.45) is 2.86. The Bertz CT molecular complexity index is 419. The summed E-state index contributed by atoms with van der Waals surface area (Å²) in [5.74, 6) is 0.945. The molecule has 0 aromatic carbocycles. The van der Waals surface area contributed by atoms with Gasteiger partial charge in [0.05, 0.1) is 12.1 Å². The molecule has 0 radical (unpaired) electrons. The van der Waals surface area contributed by atoms with Crippen molar-refractivity contribution in [2.75, 3.05) is 5.32 Å². The topological polar surface area (TPSA) is 53.6 Å². The minimum Gasteiger partial charge on any atom is -0.363 e. The number of hydrogen-bond donors (Lipinski definition) is 2. The molecule has 0 atom stereocenters. The summed E-state index contributed by atoms with van der Waals surface area (Å²) in [6.45, 7) is 4.99. The Morgan fingerprint density at radius 2 is 2.40 bits per heavy atom. The first kappa shape index (κ1) is 10.2. The first-order valence-electron chi connectivity index (χ1n) is 4.96. The Hall–Kier alpha value is -1.36. The smallest absolute Gasteiger partial charge is 0.151 e. The first-order valence-corrected chi connectivity index (χ1v) is 5.84. The Balaban J connectivity index is 2.02. The first-order chi connectivity index (χ1) is 7.31. The predicted octanol–water partition coefficient (Wildman–Crippen LogP) is 2.35. The standard InChI is InChI=1S/C10H14N4S/c1-3-9-7(2)10(14-13-9)12-5-8-4-11-6-15-8/h4,6H,3,5H2,1-2H3,(H2,12,13,14). The molecule has 2 heterocycles. The number of nitrogens with one attached hydrogen (secondary N) is 2. The van der Waals surface area contributed by atoms with E-state index in [1.807, 2.05) is 11.7 Å².